The first-order valence-corrected chi connectivity index (χ1v) is 13.9. The Kier molecular flexibility index (Phi) is 7.09. The van der Waals surface area contributed by atoms with Gasteiger partial charge in [-0.1, -0.05) is 23.7 Å². The highest BCUT2D eigenvalue weighted by Gasteiger charge is 2.40. The summed E-state index contributed by atoms with van der Waals surface area (Å²) in [6.45, 7) is 4.14. The number of rotatable bonds is 5. The van der Waals surface area contributed by atoms with Crippen LogP contribution in [-0.4, -0.2) is 65.4 Å². The summed E-state index contributed by atoms with van der Waals surface area (Å²) in [5.41, 5.74) is 2.44. The quantitative estimate of drug-likeness (QED) is 0.327. The number of halogens is 1. The zero-order valence-corrected chi connectivity index (χ0v) is 23.5. The number of phenolic OH excluding ortho intramolecular Hbond substituents is 2. The highest BCUT2D eigenvalue weighted by molar-refractivity contribution is 6.33. The van der Waals surface area contributed by atoms with Crippen LogP contribution in [0.25, 0.3) is 22.3 Å². The summed E-state index contributed by atoms with van der Waals surface area (Å²) >= 11 is 6.38. The first-order chi connectivity index (χ1) is 19.7. The van der Waals surface area contributed by atoms with Gasteiger partial charge < -0.3 is 29.2 Å². The number of fused-ring (bicyclic) bond motifs is 1. The second-order valence-corrected chi connectivity index (χ2v) is 11.3. The van der Waals surface area contributed by atoms with Gasteiger partial charge in [-0.3, -0.25) is 14.6 Å². The van der Waals surface area contributed by atoms with Crippen molar-refractivity contribution in [1.82, 2.24) is 9.88 Å². The molecule has 2 aromatic heterocycles. The maximum absolute atomic E-state index is 13.3. The molecule has 212 valence electrons. The molecule has 0 unspecified atom stereocenters. The molecule has 2 saturated heterocycles. The molecule has 4 aromatic rings. The number of benzene rings is 2. The van der Waals surface area contributed by atoms with E-state index in [9.17, 15) is 19.8 Å². The van der Waals surface area contributed by atoms with E-state index < -0.39 is 17.5 Å². The van der Waals surface area contributed by atoms with Gasteiger partial charge in [-0.15, -0.1) is 0 Å². The van der Waals surface area contributed by atoms with Crippen LogP contribution < -0.4 is 10.3 Å². The number of likely N-dealkylation sites (tertiary alicyclic amines) is 1. The number of ether oxygens (including phenoxy) is 1. The molecule has 2 aromatic carbocycles. The van der Waals surface area contributed by atoms with Crippen molar-refractivity contribution in [3.63, 3.8) is 0 Å². The number of hydrogen-bond donors (Lipinski definition) is 2. The first-order valence-electron chi connectivity index (χ1n) is 13.5. The normalized spacial score (nSPS) is 19.7. The fraction of sp³-hybridized carbons (Fsp3) is 0.323. The Hall–Kier alpha value is -4.08. The van der Waals surface area contributed by atoms with Crippen molar-refractivity contribution in [2.45, 2.75) is 25.4 Å². The number of pyridine rings is 1. The van der Waals surface area contributed by atoms with E-state index in [1.807, 2.05) is 20.0 Å². The summed E-state index contributed by atoms with van der Waals surface area (Å²) in [6.07, 6.45) is 3.50. The van der Waals surface area contributed by atoms with Gasteiger partial charge in [-0.25, -0.2) is 0 Å². The van der Waals surface area contributed by atoms with Crippen LogP contribution in [0, 0.1) is 12.8 Å². The maximum Gasteiger partial charge on any atom is 0.312 e. The van der Waals surface area contributed by atoms with E-state index in [0.29, 0.717) is 48.7 Å². The molecule has 2 aliphatic rings. The van der Waals surface area contributed by atoms with Crippen molar-refractivity contribution >= 4 is 34.2 Å². The summed E-state index contributed by atoms with van der Waals surface area (Å²) in [4.78, 5) is 34.9. The number of carbonyl (C=O) groups excluding carboxylic acids is 1. The van der Waals surface area contributed by atoms with Gasteiger partial charge in [0.1, 0.15) is 34.3 Å². The zero-order chi connectivity index (χ0) is 28.8. The molecule has 0 aliphatic carbocycles. The average molecular weight is 576 g/mol. The molecule has 0 amide bonds. The summed E-state index contributed by atoms with van der Waals surface area (Å²) in [5, 5.41) is 22.1. The van der Waals surface area contributed by atoms with Crippen LogP contribution in [-0.2, 0) is 9.53 Å². The number of aromatic nitrogens is 1. The van der Waals surface area contributed by atoms with E-state index in [1.54, 1.807) is 36.7 Å². The number of aromatic hydroxyl groups is 2. The minimum atomic E-state index is -0.608. The van der Waals surface area contributed by atoms with Crippen LogP contribution in [0.3, 0.4) is 0 Å². The Morgan fingerprint density at radius 2 is 1.88 bits per heavy atom. The Morgan fingerprint density at radius 1 is 1.10 bits per heavy atom. The van der Waals surface area contributed by atoms with Crippen LogP contribution in [0.1, 0.15) is 23.5 Å². The van der Waals surface area contributed by atoms with Crippen molar-refractivity contribution in [3.05, 3.63) is 81.2 Å². The molecule has 4 heterocycles. The average Bonchev–Trinajstić information content (AvgIpc) is 2.89. The molecule has 6 rings (SSSR count). The lowest BCUT2D eigenvalue weighted by Gasteiger charge is -2.42. The molecule has 2 aliphatic heterocycles. The third-order valence-electron chi connectivity index (χ3n) is 7.98. The Balaban J connectivity index is 1.33. The Bertz CT molecular complexity index is 1700. The third-order valence-corrected chi connectivity index (χ3v) is 8.31. The largest absolute Gasteiger partial charge is 0.507 e. The van der Waals surface area contributed by atoms with E-state index in [0.717, 1.165) is 17.3 Å². The number of esters is 1. The minimum Gasteiger partial charge on any atom is -0.507 e. The first kappa shape index (κ1) is 27.1. The Morgan fingerprint density at radius 3 is 2.63 bits per heavy atom. The van der Waals surface area contributed by atoms with Crippen molar-refractivity contribution in [3.8, 4) is 22.8 Å². The van der Waals surface area contributed by atoms with Gasteiger partial charge in [0.2, 0.25) is 0 Å². The number of nitrogens with zero attached hydrogens (tertiary/aromatic N) is 3. The molecule has 10 heteroatoms. The number of aryl methyl sites for hydroxylation is 1. The van der Waals surface area contributed by atoms with Gasteiger partial charge in [-0.2, -0.15) is 0 Å². The van der Waals surface area contributed by atoms with Gasteiger partial charge in [0.15, 0.2) is 5.43 Å². The Labute approximate surface area is 241 Å². The van der Waals surface area contributed by atoms with Crippen molar-refractivity contribution < 1.29 is 24.2 Å². The molecule has 2 N–H and O–H groups in total. The van der Waals surface area contributed by atoms with Crippen molar-refractivity contribution in [2.75, 3.05) is 38.1 Å². The second kappa shape index (κ2) is 10.7. The van der Waals surface area contributed by atoms with E-state index in [2.05, 4.69) is 14.8 Å². The van der Waals surface area contributed by atoms with Crippen LogP contribution in [0.5, 0.6) is 11.5 Å². The maximum atomic E-state index is 13.3. The fourth-order valence-electron chi connectivity index (χ4n) is 5.79. The predicted octanol–water partition coefficient (Wildman–Crippen LogP) is 4.70. The molecule has 0 saturated carbocycles. The summed E-state index contributed by atoms with van der Waals surface area (Å²) in [5.74, 6) is -1.48. The molecule has 0 radical (unpaired) electrons. The number of phenols is 2. The standard InChI is InChI=1S/C31H30ClN3O6/c1-17-9-19(13-33-12-17)35-14-18(15-35)31(39)41-27-16-34(2)8-7-21(27)28-23(36)10-24(37)29-25(38)11-26(40-30(28)29)20-5-3-4-6-22(20)32/h3-6,9-13,18,21,27,36-37H,7-8,14-16H2,1-2H3/t21-,27+/m0/s1. The molecule has 9 nitrogen and oxygen atoms in total. The van der Waals surface area contributed by atoms with Gasteiger partial charge in [0.25, 0.3) is 0 Å². The van der Waals surface area contributed by atoms with Crippen LogP contribution >= 0.6 is 11.6 Å². The summed E-state index contributed by atoms with van der Waals surface area (Å²) in [7, 11) is 1.94. The summed E-state index contributed by atoms with van der Waals surface area (Å²) in [6, 6.07) is 11.4. The van der Waals surface area contributed by atoms with E-state index in [1.165, 1.54) is 6.07 Å². The molecule has 0 spiro atoms. The number of piperidine rings is 1. The van der Waals surface area contributed by atoms with E-state index in [-0.39, 0.29) is 40.1 Å². The monoisotopic (exact) mass is 575 g/mol. The number of hydrogen-bond acceptors (Lipinski definition) is 9. The topological polar surface area (TPSA) is 116 Å². The lowest BCUT2D eigenvalue weighted by Crippen LogP contribution is -2.53. The van der Waals surface area contributed by atoms with E-state index in [4.69, 9.17) is 20.8 Å². The van der Waals surface area contributed by atoms with Gasteiger partial charge in [-0.05, 0) is 50.7 Å². The number of carbonyl (C=O) groups is 1. The van der Waals surface area contributed by atoms with Crippen molar-refractivity contribution in [1.29, 1.82) is 0 Å². The SMILES string of the molecule is Cc1cncc(N2CC(C(=O)O[C@@H]3CN(C)CC[C@@H]3c3c(O)cc(O)c4c(=O)cc(-c5ccccc5Cl)oc34)C2)c1. The third kappa shape index (κ3) is 5.11. The number of anilines is 1. The lowest BCUT2D eigenvalue weighted by molar-refractivity contribution is -0.158. The smallest absolute Gasteiger partial charge is 0.312 e. The minimum absolute atomic E-state index is 0.0426. The lowest BCUT2D eigenvalue weighted by atomic mass is 9.85. The highest BCUT2D eigenvalue weighted by Crippen LogP contribution is 2.44. The zero-order valence-electron chi connectivity index (χ0n) is 22.7. The molecule has 2 fully saturated rings. The van der Waals surface area contributed by atoms with E-state index >= 15 is 0 Å². The van der Waals surface area contributed by atoms with Gasteiger partial charge >= 0.3 is 5.97 Å². The summed E-state index contributed by atoms with van der Waals surface area (Å²) < 4.78 is 12.3. The fourth-order valence-corrected chi connectivity index (χ4v) is 6.02. The predicted molar refractivity (Wildman–Crippen MR) is 156 cm³/mol. The van der Waals surface area contributed by atoms with Crippen molar-refractivity contribution in [2.24, 2.45) is 5.92 Å². The van der Waals surface area contributed by atoms with Gasteiger partial charge in [0, 0.05) is 55.0 Å². The van der Waals surface area contributed by atoms with Crippen LogP contribution in [0.4, 0.5) is 5.69 Å². The molecule has 41 heavy (non-hydrogen) atoms. The highest BCUT2D eigenvalue weighted by atomic mass is 35.5. The van der Waals surface area contributed by atoms with Crippen LogP contribution in [0.2, 0.25) is 5.02 Å². The van der Waals surface area contributed by atoms with Crippen LogP contribution in [0.15, 0.2) is 64.1 Å². The molecule has 0 bridgehead atoms. The second-order valence-electron chi connectivity index (χ2n) is 10.9. The van der Waals surface area contributed by atoms with Gasteiger partial charge in [0.05, 0.1) is 22.8 Å². The molecule has 2 atom stereocenters. The molecular weight excluding hydrogens is 546 g/mol. The number of likely N-dealkylation sites (N-methyl/N-ethyl adjacent to an activating group) is 1. The molecular formula is C31H30ClN3O6.